The van der Waals surface area contributed by atoms with Crippen LogP contribution in [0, 0.1) is 17.6 Å². The second-order valence-electron chi connectivity index (χ2n) is 9.48. The van der Waals surface area contributed by atoms with E-state index < -0.39 is 40.3 Å². The minimum absolute atomic E-state index is 0.00971. The molecule has 1 saturated carbocycles. The molecular weight excluding hydrogens is 496 g/mol. The van der Waals surface area contributed by atoms with Crippen molar-refractivity contribution in [2.45, 2.75) is 32.0 Å². The molecule has 2 heterocycles. The fraction of sp³-hybridized carbons (Fsp3) is 0.286. The molecule has 1 fully saturated rings. The average Bonchev–Trinajstić information content (AvgIpc) is 3.63. The second kappa shape index (κ2) is 9.85. The lowest BCUT2D eigenvalue weighted by Gasteiger charge is -2.37. The van der Waals surface area contributed by atoms with E-state index in [0.29, 0.717) is 19.0 Å². The topological polar surface area (TPSA) is 97.7 Å². The van der Waals surface area contributed by atoms with Crippen LogP contribution in [0.1, 0.15) is 45.3 Å². The van der Waals surface area contributed by atoms with Gasteiger partial charge in [0.2, 0.25) is 5.43 Å². The van der Waals surface area contributed by atoms with Crippen molar-refractivity contribution in [1.82, 2.24) is 14.8 Å². The van der Waals surface area contributed by atoms with Gasteiger partial charge in [0.05, 0.1) is 5.54 Å². The van der Waals surface area contributed by atoms with Gasteiger partial charge >= 0.3 is 0 Å². The summed E-state index contributed by atoms with van der Waals surface area (Å²) in [5.74, 6) is -3.53. The molecule has 3 aromatic rings. The van der Waals surface area contributed by atoms with Gasteiger partial charge in [0, 0.05) is 43.4 Å². The Balaban J connectivity index is 1.57. The molecule has 8 nitrogen and oxygen atoms in total. The number of likely N-dealkylation sites (N-methyl/N-ethyl adjacent to an activating group) is 1. The highest BCUT2D eigenvalue weighted by molar-refractivity contribution is 5.99. The van der Waals surface area contributed by atoms with Crippen LogP contribution >= 0.6 is 0 Å². The second-order valence-corrected chi connectivity index (χ2v) is 9.48. The van der Waals surface area contributed by atoms with Crippen LogP contribution in [0.25, 0.3) is 0 Å². The number of rotatable bonds is 8. The first kappa shape index (κ1) is 25.3. The Labute approximate surface area is 216 Å². The number of ether oxygens (including phenoxy) is 1. The zero-order chi connectivity index (χ0) is 27.0. The van der Waals surface area contributed by atoms with E-state index in [1.807, 2.05) is 6.07 Å². The van der Waals surface area contributed by atoms with Crippen LogP contribution in [0.4, 0.5) is 8.78 Å². The fourth-order valence-electron chi connectivity index (χ4n) is 4.94. The third-order valence-electron chi connectivity index (χ3n) is 7.17. The molecule has 1 aliphatic heterocycles. The zero-order valence-corrected chi connectivity index (χ0v) is 20.6. The molecule has 1 aliphatic carbocycles. The number of carbonyl (C=O) groups is 3. The van der Waals surface area contributed by atoms with Crippen LogP contribution in [0.5, 0.6) is 5.75 Å². The van der Waals surface area contributed by atoms with Gasteiger partial charge < -0.3 is 24.3 Å². The van der Waals surface area contributed by atoms with E-state index in [4.69, 9.17) is 4.74 Å². The number of aromatic nitrogens is 1. The number of benzene rings is 2. The van der Waals surface area contributed by atoms with Crippen LogP contribution in [0.15, 0.2) is 59.5 Å². The number of halogens is 2. The maximum atomic E-state index is 14.1. The highest BCUT2D eigenvalue weighted by Gasteiger charge is 2.60. The number of hydrogen-bond donors (Lipinski definition) is 1. The number of hydrogen-bond acceptors (Lipinski definition) is 5. The Hall–Kier alpha value is -4.34. The van der Waals surface area contributed by atoms with Gasteiger partial charge in [-0.1, -0.05) is 36.4 Å². The summed E-state index contributed by atoms with van der Waals surface area (Å²) in [6.07, 6.45) is 2.54. The SMILES string of the molecule is CCN1C[C@@]2(C[C@@H]2C=O)n2cc(C(=O)NCc3ccc(F)cc3F)c(=O)c(OCc3ccccc3)c2C1=O. The van der Waals surface area contributed by atoms with Crippen molar-refractivity contribution < 1.29 is 27.9 Å². The molecule has 38 heavy (non-hydrogen) atoms. The highest BCUT2D eigenvalue weighted by Crippen LogP contribution is 2.53. The van der Waals surface area contributed by atoms with Gasteiger partial charge in [-0.05, 0) is 25.0 Å². The maximum Gasteiger partial charge on any atom is 0.274 e. The molecule has 2 atom stereocenters. The predicted molar refractivity (Wildman–Crippen MR) is 133 cm³/mol. The molecule has 0 unspecified atom stereocenters. The number of fused-ring (bicyclic) bond motifs is 2. The van der Waals surface area contributed by atoms with E-state index in [2.05, 4.69) is 5.32 Å². The molecule has 1 aromatic heterocycles. The van der Waals surface area contributed by atoms with E-state index in [9.17, 15) is 28.0 Å². The Morgan fingerprint density at radius 2 is 1.95 bits per heavy atom. The summed E-state index contributed by atoms with van der Waals surface area (Å²) in [6, 6.07) is 12.0. The molecule has 0 radical (unpaired) electrons. The number of pyridine rings is 1. The van der Waals surface area contributed by atoms with Crippen LogP contribution in [-0.2, 0) is 23.5 Å². The lowest BCUT2D eigenvalue weighted by Crippen LogP contribution is -2.50. The largest absolute Gasteiger partial charge is 0.483 e. The van der Waals surface area contributed by atoms with Crippen LogP contribution in [-0.4, -0.2) is 40.7 Å². The molecule has 2 aromatic carbocycles. The monoisotopic (exact) mass is 521 g/mol. The van der Waals surface area contributed by atoms with Crippen molar-refractivity contribution in [3.05, 3.63) is 99.0 Å². The summed E-state index contributed by atoms with van der Waals surface area (Å²) in [5.41, 5.74) is -1.13. The summed E-state index contributed by atoms with van der Waals surface area (Å²) in [4.78, 5) is 53.5. The van der Waals surface area contributed by atoms with Gasteiger partial charge in [-0.3, -0.25) is 14.4 Å². The summed E-state index contributed by atoms with van der Waals surface area (Å²) in [7, 11) is 0. The highest BCUT2D eigenvalue weighted by atomic mass is 19.1. The zero-order valence-electron chi connectivity index (χ0n) is 20.6. The number of nitrogens with zero attached hydrogens (tertiary/aromatic N) is 2. The van der Waals surface area contributed by atoms with Crippen LogP contribution < -0.4 is 15.5 Å². The molecule has 0 bridgehead atoms. The predicted octanol–water partition coefficient (Wildman–Crippen LogP) is 3.03. The first-order chi connectivity index (χ1) is 18.3. The lowest BCUT2D eigenvalue weighted by atomic mass is 10.0. The van der Waals surface area contributed by atoms with Crippen molar-refractivity contribution in [3.8, 4) is 5.75 Å². The third kappa shape index (κ3) is 4.36. The summed E-state index contributed by atoms with van der Waals surface area (Å²) in [5, 5.41) is 2.49. The summed E-state index contributed by atoms with van der Waals surface area (Å²) >= 11 is 0. The minimum Gasteiger partial charge on any atom is -0.483 e. The minimum atomic E-state index is -0.838. The average molecular weight is 522 g/mol. The summed E-state index contributed by atoms with van der Waals surface area (Å²) < 4.78 is 34.8. The molecule has 2 aliphatic rings. The van der Waals surface area contributed by atoms with Gasteiger partial charge in [-0.2, -0.15) is 0 Å². The van der Waals surface area contributed by atoms with Gasteiger partial charge in [0.15, 0.2) is 11.4 Å². The van der Waals surface area contributed by atoms with E-state index in [-0.39, 0.29) is 42.3 Å². The number of nitrogens with one attached hydrogen (secondary N) is 1. The Morgan fingerprint density at radius 3 is 2.61 bits per heavy atom. The number of carbonyl (C=O) groups excluding carboxylic acids is 3. The van der Waals surface area contributed by atoms with Crippen LogP contribution in [0.3, 0.4) is 0 Å². The Kier molecular flexibility index (Phi) is 6.56. The molecule has 1 N–H and O–H groups in total. The number of amides is 2. The van der Waals surface area contributed by atoms with Gasteiger partial charge in [0.25, 0.3) is 11.8 Å². The van der Waals surface area contributed by atoms with E-state index in [1.165, 1.54) is 16.8 Å². The third-order valence-corrected chi connectivity index (χ3v) is 7.17. The standard InChI is InChI=1S/C28H25F2N3O5/c1-2-32-16-28(11-19(28)14-34)33-13-21(26(36)31-12-18-8-9-20(29)10-22(18)30)24(35)25(23(33)27(32)37)38-15-17-6-4-3-5-7-17/h3-10,13-14,19H,2,11-12,15-16H2,1H3,(H,31,36)/t19-,28-/m1/s1. The molecule has 5 rings (SSSR count). The van der Waals surface area contributed by atoms with Crippen molar-refractivity contribution >= 4 is 18.1 Å². The quantitative estimate of drug-likeness (QED) is 0.460. The molecule has 1 spiro atoms. The smallest absolute Gasteiger partial charge is 0.274 e. The number of aldehydes is 1. The Morgan fingerprint density at radius 1 is 1.18 bits per heavy atom. The molecule has 0 saturated heterocycles. The Bertz CT molecular complexity index is 1490. The van der Waals surface area contributed by atoms with E-state index in [1.54, 1.807) is 36.1 Å². The maximum absolute atomic E-state index is 14.1. The lowest BCUT2D eigenvalue weighted by molar-refractivity contribution is -0.109. The first-order valence-electron chi connectivity index (χ1n) is 12.2. The first-order valence-corrected chi connectivity index (χ1v) is 12.2. The molecule has 2 amide bonds. The fourth-order valence-corrected chi connectivity index (χ4v) is 4.94. The normalized spacial score (nSPS) is 19.7. The molecular formula is C28H25F2N3O5. The van der Waals surface area contributed by atoms with Gasteiger partial charge in [-0.25, -0.2) is 8.78 Å². The van der Waals surface area contributed by atoms with Crippen molar-refractivity contribution in [1.29, 1.82) is 0 Å². The molecule has 10 heteroatoms. The van der Waals surface area contributed by atoms with Crippen LogP contribution in [0.2, 0.25) is 0 Å². The van der Waals surface area contributed by atoms with E-state index in [0.717, 1.165) is 17.9 Å². The van der Waals surface area contributed by atoms with E-state index >= 15 is 0 Å². The van der Waals surface area contributed by atoms with Gasteiger partial charge in [0.1, 0.15) is 30.1 Å². The molecule has 196 valence electrons. The van der Waals surface area contributed by atoms with Crippen molar-refractivity contribution in [2.75, 3.05) is 13.1 Å². The van der Waals surface area contributed by atoms with Crippen molar-refractivity contribution in [3.63, 3.8) is 0 Å². The van der Waals surface area contributed by atoms with Gasteiger partial charge in [-0.15, -0.1) is 0 Å². The summed E-state index contributed by atoms with van der Waals surface area (Å²) in [6.45, 7) is 2.10. The van der Waals surface area contributed by atoms with Crippen molar-refractivity contribution in [2.24, 2.45) is 5.92 Å².